The summed E-state index contributed by atoms with van der Waals surface area (Å²) in [5.74, 6) is 0.977. The minimum Gasteiger partial charge on any atom is -0.213 e. The van der Waals surface area contributed by atoms with Crippen LogP contribution in [0.3, 0.4) is 0 Å². The van der Waals surface area contributed by atoms with Crippen LogP contribution < -0.4 is 0 Å². The number of halogens is 1. The van der Waals surface area contributed by atoms with Crippen molar-refractivity contribution in [1.82, 2.24) is 4.31 Å². The third kappa shape index (κ3) is 5.14. The molecular formula is C12H24ClNO2S. The summed E-state index contributed by atoms with van der Waals surface area (Å²) in [5.41, 5.74) is 0. The van der Waals surface area contributed by atoms with Crippen LogP contribution in [0.5, 0.6) is 0 Å². The van der Waals surface area contributed by atoms with Crippen LogP contribution in [-0.2, 0) is 10.0 Å². The van der Waals surface area contributed by atoms with Gasteiger partial charge in [0.25, 0.3) is 0 Å². The molecule has 2 unspecified atom stereocenters. The van der Waals surface area contributed by atoms with Crippen LogP contribution in [0.25, 0.3) is 0 Å². The Morgan fingerprint density at radius 2 is 2.06 bits per heavy atom. The van der Waals surface area contributed by atoms with Gasteiger partial charge in [0.1, 0.15) is 0 Å². The first kappa shape index (κ1) is 15.3. The highest BCUT2D eigenvalue weighted by molar-refractivity contribution is 7.88. The lowest BCUT2D eigenvalue weighted by Crippen LogP contribution is -2.39. The van der Waals surface area contributed by atoms with Crippen LogP contribution in [0.1, 0.15) is 39.5 Å². The van der Waals surface area contributed by atoms with Gasteiger partial charge in [0.2, 0.25) is 10.0 Å². The highest BCUT2D eigenvalue weighted by atomic mass is 35.5. The van der Waals surface area contributed by atoms with Gasteiger partial charge in [0.15, 0.2) is 0 Å². The summed E-state index contributed by atoms with van der Waals surface area (Å²) in [6, 6.07) is 0. The fourth-order valence-electron chi connectivity index (χ4n) is 2.29. The van der Waals surface area contributed by atoms with Gasteiger partial charge in [-0.15, -0.1) is 11.6 Å². The second-order valence-corrected chi connectivity index (χ2v) is 8.01. The lowest BCUT2D eigenvalue weighted by atomic mass is 9.92. The molecule has 1 rings (SSSR count). The van der Waals surface area contributed by atoms with Crippen LogP contribution in [-0.4, -0.2) is 37.4 Å². The number of hydrogen-bond donors (Lipinski definition) is 0. The highest BCUT2D eigenvalue weighted by Crippen LogP contribution is 2.25. The van der Waals surface area contributed by atoms with Crippen LogP contribution in [0.2, 0.25) is 0 Å². The molecule has 0 aromatic carbocycles. The molecule has 0 N–H and O–H groups in total. The summed E-state index contributed by atoms with van der Waals surface area (Å²) in [6.07, 6.45) is 5.44. The van der Waals surface area contributed by atoms with E-state index in [1.165, 1.54) is 6.26 Å². The van der Waals surface area contributed by atoms with Crippen molar-refractivity contribution >= 4 is 21.6 Å². The maximum absolute atomic E-state index is 11.5. The molecule has 0 bridgehead atoms. The zero-order valence-electron chi connectivity index (χ0n) is 11.0. The van der Waals surface area contributed by atoms with E-state index in [9.17, 15) is 8.42 Å². The van der Waals surface area contributed by atoms with E-state index in [1.54, 1.807) is 4.31 Å². The third-order valence-corrected chi connectivity index (χ3v) is 5.52. The van der Waals surface area contributed by atoms with Crippen LogP contribution >= 0.6 is 11.6 Å². The molecule has 0 aromatic heterocycles. The molecule has 1 fully saturated rings. The monoisotopic (exact) mass is 281 g/mol. The van der Waals surface area contributed by atoms with Gasteiger partial charge >= 0.3 is 0 Å². The minimum atomic E-state index is -3.01. The summed E-state index contributed by atoms with van der Waals surface area (Å²) in [6.45, 7) is 5.62. The first-order valence-corrected chi connectivity index (χ1v) is 8.68. The van der Waals surface area contributed by atoms with Crippen molar-refractivity contribution < 1.29 is 8.42 Å². The van der Waals surface area contributed by atoms with E-state index in [1.807, 2.05) is 0 Å². The summed E-state index contributed by atoms with van der Waals surface area (Å²) >= 11 is 6.23. The highest BCUT2D eigenvalue weighted by Gasteiger charge is 2.26. The van der Waals surface area contributed by atoms with E-state index in [4.69, 9.17) is 11.6 Å². The number of alkyl halides is 1. The Bertz CT molecular complexity index is 329. The number of sulfonamides is 1. The van der Waals surface area contributed by atoms with E-state index in [2.05, 4.69) is 13.8 Å². The zero-order chi connectivity index (χ0) is 13.1. The van der Waals surface area contributed by atoms with Gasteiger partial charge in [-0.3, -0.25) is 0 Å². The standard InChI is InChI=1S/C12H24ClNO2S/c1-10(2)12(13)7-6-11-5-4-8-14(9-11)17(3,15)16/h10-12H,4-9H2,1-3H3. The Morgan fingerprint density at radius 3 is 2.59 bits per heavy atom. The minimum absolute atomic E-state index is 0.212. The molecule has 1 aliphatic rings. The van der Waals surface area contributed by atoms with Crippen molar-refractivity contribution in [2.24, 2.45) is 11.8 Å². The number of piperidine rings is 1. The second-order valence-electron chi connectivity index (χ2n) is 5.47. The molecule has 0 amide bonds. The maximum Gasteiger partial charge on any atom is 0.211 e. The topological polar surface area (TPSA) is 37.4 Å². The van der Waals surface area contributed by atoms with Gasteiger partial charge in [0, 0.05) is 18.5 Å². The van der Waals surface area contributed by atoms with E-state index >= 15 is 0 Å². The average Bonchev–Trinajstić information content (AvgIpc) is 2.25. The van der Waals surface area contributed by atoms with Crippen molar-refractivity contribution in [1.29, 1.82) is 0 Å². The van der Waals surface area contributed by atoms with E-state index in [0.29, 0.717) is 24.9 Å². The molecule has 1 heterocycles. The maximum atomic E-state index is 11.5. The van der Waals surface area contributed by atoms with Gasteiger partial charge in [-0.1, -0.05) is 13.8 Å². The van der Waals surface area contributed by atoms with Crippen molar-refractivity contribution in [3.05, 3.63) is 0 Å². The largest absolute Gasteiger partial charge is 0.213 e. The zero-order valence-corrected chi connectivity index (χ0v) is 12.6. The van der Waals surface area contributed by atoms with E-state index in [-0.39, 0.29) is 5.38 Å². The van der Waals surface area contributed by atoms with Crippen molar-refractivity contribution in [3.8, 4) is 0 Å². The molecule has 0 aliphatic carbocycles. The van der Waals surface area contributed by atoms with Gasteiger partial charge in [-0.2, -0.15) is 0 Å². The molecule has 1 aliphatic heterocycles. The third-order valence-electron chi connectivity index (χ3n) is 3.52. The summed E-state index contributed by atoms with van der Waals surface area (Å²) in [4.78, 5) is 0. The Kier molecular flexibility index (Phi) is 5.74. The second kappa shape index (κ2) is 6.39. The molecule has 0 radical (unpaired) electrons. The molecular weight excluding hydrogens is 258 g/mol. The van der Waals surface area contributed by atoms with E-state index in [0.717, 1.165) is 25.7 Å². The first-order valence-electron chi connectivity index (χ1n) is 6.40. The number of nitrogens with zero attached hydrogens (tertiary/aromatic N) is 1. The van der Waals surface area contributed by atoms with Crippen molar-refractivity contribution in [3.63, 3.8) is 0 Å². The number of hydrogen-bond acceptors (Lipinski definition) is 2. The summed E-state index contributed by atoms with van der Waals surface area (Å²) in [7, 11) is -3.01. The quantitative estimate of drug-likeness (QED) is 0.727. The Morgan fingerprint density at radius 1 is 1.41 bits per heavy atom. The van der Waals surface area contributed by atoms with Gasteiger partial charge in [0.05, 0.1) is 6.26 Å². The number of rotatable bonds is 5. The fraction of sp³-hybridized carbons (Fsp3) is 1.00. The molecule has 0 saturated carbocycles. The molecule has 5 heteroatoms. The van der Waals surface area contributed by atoms with Gasteiger partial charge in [-0.25, -0.2) is 12.7 Å². The smallest absolute Gasteiger partial charge is 0.211 e. The van der Waals surface area contributed by atoms with Gasteiger partial charge in [-0.05, 0) is 37.5 Å². The van der Waals surface area contributed by atoms with E-state index < -0.39 is 10.0 Å². The van der Waals surface area contributed by atoms with Crippen molar-refractivity contribution in [2.45, 2.75) is 44.9 Å². The van der Waals surface area contributed by atoms with Gasteiger partial charge < -0.3 is 0 Å². The Hall–Kier alpha value is 0.200. The first-order chi connectivity index (χ1) is 7.80. The average molecular weight is 282 g/mol. The summed E-state index contributed by atoms with van der Waals surface area (Å²) < 4.78 is 24.6. The van der Waals surface area contributed by atoms with Crippen LogP contribution in [0.4, 0.5) is 0 Å². The SMILES string of the molecule is CC(C)C(Cl)CCC1CCCN(S(C)(=O)=O)C1. The normalized spacial score (nSPS) is 25.1. The lowest BCUT2D eigenvalue weighted by molar-refractivity contribution is 0.251. The molecule has 1 saturated heterocycles. The lowest BCUT2D eigenvalue weighted by Gasteiger charge is -2.31. The molecule has 3 nitrogen and oxygen atoms in total. The predicted octanol–water partition coefficient (Wildman–Crippen LogP) is 2.70. The van der Waals surface area contributed by atoms with Crippen LogP contribution in [0.15, 0.2) is 0 Å². The molecule has 2 atom stereocenters. The molecule has 102 valence electrons. The molecule has 0 aromatic rings. The predicted molar refractivity (Wildman–Crippen MR) is 72.9 cm³/mol. The molecule has 17 heavy (non-hydrogen) atoms. The molecule has 0 spiro atoms. The fourth-order valence-corrected chi connectivity index (χ4v) is 3.36. The Labute approximate surface area is 111 Å². The van der Waals surface area contributed by atoms with Crippen LogP contribution in [0, 0.1) is 11.8 Å². The Balaban J connectivity index is 2.40. The van der Waals surface area contributed by atoms with Crippen molar-refractivity contribution in [2.75, 3.05) is 19.3 Å². The summed E-state index contributed by atoms with van der Waals surface area (Å²) in [5, 5.41) is 0.212.